The van der Waals surface area contributed by atoms with Crippen LogP contribution in [0, 0.1) is 0 Å². The molecule has 0 atom stereocenters. The molecule has 1 amide bonds. The molecular weight excluding hydrogens is 246 g/mol. The molecule has 2 rings (SSSR count). The van der Waals surface area contributed by atoms with Crippen molar-refractivity contribution in [2.45, 2.75) is 6.42 Å². The molecule has 8 heteroatoms. The Balaban J connectivity index is 1.89. The van der Waals surface area contributed by atoms with Gasteiger partial charge in [0.2, 0.25) is 0 Å². The number of hydrogen-bond donors (Lipinski definition) is 3. The number of hydrogen-bond acceptors (Lipinski definition) is 6. The van der Waals surface area contributed by atoms with Gasteiger partial charge in [-0.2, -0.15) is 5.10 Å². The zero-order valence-electron chi connectivity index (χ0n) is 10.5. The van der Waals surface area contributed by atoms with Gasteiger partial charge in [0.15, 0.2) is 5.82 Å². The van der Waals surface area contributed by atoms with Crippen molar-refractivity contribution < 1.29 is 4.79 Å². The minimum absolute atomic E-state index is 0.223. The monoisotopic (exact) mass is 261 g/mol. The Morgan fingerprint density at radius 2 is 2.32 bits per heavy atom. The normalized spacial score (nSPS) is 10.2. The molecule has 0 aliphatic heterocycles. The van der Waals surface area contributed by atoms with Crippen LogP contribution in [0.15, 0.2) is 24.7 Å². The third-order valence-electron chi connectivity index (χ3n) is 2.60. The van der Waals surface area contributed by atoms with E-state index in [1.165, 1.54) is 12.4 Å². The summed E-state index contributed by atoms with van der Waals surface area (Å²) in [7, 11) is 1.86. The van der Waals surface area contributed by atoms with E-state index < -0.39 is 0 Å². The molecule has 0 unspecified atom stereocenters. The van der Waals surface area contributed by atoms with Crippen LogP contribution in [0.1, 0.15) is 16.2 Å². The van der Waals surface area contributed by atoms with Crippen LogP contribution >= 0.6 is 0 Å². The van der Waals surface area contributed by atoms with Crippen LogP contribution < -0.4 is 16.6 Å². The smallest absolute Gasteiger partial charge is 0.271 e. The van der Waals surface area contributed by atoms with Gasteiger partial charge in [-0.1, -0.05) is 0 Å². The molecule has 0 radical (unpaired) electrons. The summed E-state index contributed by atoms with van der Waals surface area (Å²) in [5.41, 5.74) is 3.61. The number of nitrogens with one attached hydrogen (secondary N) is 2. The summed E-state index contributed by atoms with van der Waals surface area (Å²) in [6.07, 6.45) is 5.25. The second-order valence-corrected chi connectivity index (χ2v) is 3.89. The van der Waals surface area contributed by atoms with Crippen molar-refractivity contribution in [3.05, 3.63) is 36.0 Å². The zero-order valence-corrected chi connectivity index (χ0v) is 10.5. The van der Waals surface area contributed by atoms with E-state index in [1.807, 2.05) is 13.1 Å². The van der Waals surface area contributed by atoms with Crippen LogP contribution in [0.3, 0.4) is 0 Å². The van der Waals surface area contributed by atoms with Gasteiger partial charge in [0.05, 0.1) is 12.4 Å². The summed E-state index contributed by atoms with van der Waals surface area (Å²) >= 11 is 0. The van der Waals surface area contributed by atoms with Gasteiger partial charge in [-0.3, -0.25) is 14.5 Å². The molecule has 0 fully saturated rings. The van der Waals surface area contributed by atoms with Crippen LogP contribution in [-0.4, -0.2) is 32.2 Å². The first-order chi connectivity index (χ1) is 9.20. The van der Waals surface area contributed by atoms with E-state index in [0.717, 1.165) is 5.69 Å². The number of rotatable bonds is 5. The average Bonchev–Trinajstić information content (AvgIpc) is 2.84. The van der Waals surface area contributed by atoms with E-state index in [2.05, 4.69) is 25.8 Å². The molecule has 2 heterocycles. The first-order valence-corrected chi connectivity index (χ1v) is 5.74. The van der Waals surface area contributed by atoms with Crippen molar-refractivity contribution >= 4 is 11.7 Å². The number of amides is 1. The Hall–Kier alpha value is -2.48. The molecule has 19 heavy (non-hydrogen) atoms. The van der Waals surface area contributed by atoms with Gasteiger partial charge >= 0.3 is 0 Å². The molecule has 0 bridgehead atoms. The van der Waals surface area contributed by atoms with E-state index in [0.29, 0.717) is 18.8 Å². The largest absolute Gasteiger partial charge is 0.350 e. The van der Waals surface area contributed by atoms with Crippen molar-refractivity contribution in [1.82, 2.24) is 25.1 Å². The van der Waals surface area contributed by atoms with Crippen LogP contribution in [0.25, 0.3) is 0 Å². The zero-order chi connectivity index (χ0) is 13.7. The summed E-state index contributed by atoms with van der Waals surface area (Å²) in [5, 5.41) is 6.82. The van der Waals surface area contributed by atoms with Crippen molar-refractivity contribution in [2.24, 2.45) is 12.9 Å². The van der Waals surface area contributed by atoms with E-state index in [1.54, 1.807) is 10.9 Å². The van der Waals surface area contributed by atoms with E-state index >= 15 is 0 Å². The molecule has 0 aromatic carbocycles. The third-order valence-corrected chi connectivity index (χ3v) is 2.60. The second kappa shape index (κ2) is 5.91. The minimum atomic E-state index is -0.285. The lowest BCUT2D eigenvalue weighted by Gasteiger charge is -2.06. The second-order valence-electron chi connectivity index (χ2n) is 3.89. The van der Waals surface area contributed by atoms with Crippen LogP contribution in [0.4, 0.5) is 5.82 Å². The van der Waals surface area contributed by atoms with Gasteiger partial charge < -0.3 is 10.7 Å². The maximum absolute atomic E-state index is 11.8. The number of anilines is 1. The predicted octanol–water partition coefficient (Wildman–Crippen LogP) is -0.532. The highest BCUT2D eigenvalue weighted by Crippen LogP contribution is 2.00. The third kappa shape index (κ3) is 3.26. The Morgan fingerprint density at radius 3 is 3.00 bits per heavy atom. The van der Waals surface area contributed by atoms with Gasteiger partial charge in [-0.15, -0.1) is 0 Å². The molecule has 100 valence electrons. The molecule has 2 aromatic rings. The summed E-state index contributed by atoms with van der Waals surface area (Å²) < 4.78 is 1.77. The van der Waals surface area contributed by atoms with Gasteiger partial charge in [-0.25, -0.2) is 10.8 Å². The fourth-order valence-corrected chi connectivity index (χ4v) is 1.59. The summed E-state index contributed by atoms with van der Waals surface area (Å²) in [5.74, 6) is 5.27. The quantitative estimate of drug-likeness (QED) is 0.493. The van der Waals surface area contributed by atoms with Crippen LogP contribution in [-0.2, 0) is 13.5 Å². The molecule has 8 nitrogen and oxygen atoms in total. The number of aromatic nitrogens is 4. The van der Waals surface area contributed by atoms with Gasteiger partial charge in [0.1, 0.15) is 5.69 Å². The Labute approximate surface area is 110 Å². The Morgan fingerprint density at radius 1 is 1.47 bits per heavy atom. The number of nitrogen functional groups attached to an aromatic ring is 1. The number of hydrazine groups is 1. The molecule has 0 saturated heterocycles. The van der Waals surface area contributed by atoms with E-state index in [-0.39, 0.29) is 11.6 Å². The van der Waals surface area contributed by atoms with E-state index in [9.17, 15) is 4.79 Å². The summed E-state index contributed by atoms with van der Waals surface area (Å²) in [6, 6.07) is 1.91. The van der Waals surface area contributed by atoms with Crippen molar-refractivity contribution in [3.8, 4) is 0 Å². The first-order valence-electron chi connectivity index (χ1n) is 5.74. The highest BCUT2D eigenvalue weighted by Gasteiger charge is 2.08. The molecule has 0 spiro atoms. The van der Waals surface area contributed by atoms with Gasteiger partial charge in [-0.05, 0) is 6.07 Å². The molecule has 4 N–H and O–H groups in total. The molecule has 0 aliphatic carbocycles. The highest BCUT2D eigenvalue weighted by atomic mass is 16.1. The lowest BCUT2D eigenvalue weighted by molar-refractivity contribution is 0.0948. The standard InChI is InChI=1S/C11H15N7O/c1-18-8(3-5-15-18)2-4-14-11(19)9-6-13-7-10(16-9)17-12/h3,5-7H,2,4,12H2,1H3,(H,14,19)(H,16,17). The van der Waals surface area contributed by atoms with Crippen LogP contribution in [0.5, 0.6) is 0 Å². The van der Waals surface area contributed by atoms with Crippen molar-refractivity contribution in [3.63, 3.8) is 0 Å². The fraction of sp³-hybridized carbons (Fsp3) is 0.273. The number of carbonyl (C=O) groups excluding carboxylic acids is 1. The highest BCUT2D eigenvalue weighted by molar-refractivity contribution is 5.92. The van der Waals surface area contributed by atoms with Gasteiger partial charge in [0.25, 0.3) is 5.91 Å². The maximum atomic E-state index is 11.8. The van der Waals surface area contributed by atoms with Gasteiger partial charge in [0, 0.05) is 31.9 Å². The minimum Gasteiger partial charge on any atom is -0.350 e. The number of nitrogens with two attached hydrogens (primary N) is 1. The summed E-state index contributed by atoms with van der Waals surface area (Å²) in [4.78, 5) is 19.7. The van der Waals surface area contributed by atoms with Crippen molar-refractivity contribution in [2.75, 3.05) is 12.0 Å². The van der Waals surface area contributed by atoms with Crippen LogP contribution in [0.2, 0.25) is 0 Å². The van der Waals surface area contributed by atoms with Crippen molar-refractivity contribution in [1.29, 1.82) is 0 Å². The average molecular weight is 261 g/mol. The number of carbonyl (C=O) groups is 1. The van der Waals surface area contributed by atoms with E-state index in [4.69, 9.17) is 5.84 Å². The topological polar surface area (TPSA) is 111 Å². The molecule has 2 aromatic heterocycles. The molecular formula is C11H15N7O. The lowest BCUT2D eigenvalue weighted by atomic mass is 10.3. The molecule has 0 saturated carbocycles. The summed E-state index contributed by atoms with van der Waals surface area (Å²) in [6.45, 7) is 0.500. The number of nitrogens with zero attached hydrogens (tertiary/aromatic N) is 4. The fourth-order valence-electron chi connectivity index (χ4n) is 1.59. The molecule has 0 aliphatic rings. The predicted molar refractivity (Wildman–Crippen MR) is 69.1 cm³/mol. The Bertz CT molecular complexity index is 566. The maximum Gasteiger partial charge on any atom is 0.271 e. The first kappa shape index (κ1) is 13.0. The SMILES string of the molecule is Cn1nccc1CCNC(=O)c1cncc(NN)n1. The Kier molecular flexibility index (Phi) is 4.04. The number of aryl methyl sites for hydroxylation is 1. The lowest BCUT2D eigenvalue weighted by Crippen LogP contribution is -2.27.